The smallest absolute Gasteiger partial charge is 0.159 e. The summed E-state index contributed by atoms with van der Waals surface area (Å²) in [6.07, 6.45) is 14.0. The summed E-state index contributed by atoms with van der Waals surface area (Å²) in [6, 6.07) is 36.7. The van der Waals surface area contributed by atoms with Gasteiger partial charge in [-0.3, -0.25) is 0 Å². The van der Waals surface area contributed by atoms with Crippen molar-refractivity contribution in [3.8, 4) is 28.3 Å². The van der Waals surface area contributed by atoms with E-state index < -0.39 is 0 Å². The fraction of sp³-hybridized carbons (Fsp3) is 0.0476. The van der Waals surface area contributed by atoms with Gasteiger partial charge in [0, 0.05) is 54.5 Å². The fourth-order valence-corrected chi connectivity index (χ4v) is 8.37. The molecule has 0 atom stereocenters. The number of aromatic nitrogens is 5. The molecule has 4 aromatic heterocycles. The molecule has 0 fully saturated rings. The topological polar surface area (TPSA) is 56.5 Å². The molecule has 5 nitrogen and oxygen atoms in total. The van der Waals surface area contributed by atoms with Crippen molar-refractivity contribution in [3.63, 3.8) is 0 Å². The number of rotatable bonds is 4. The zero-order valence-electron chi connectivity index (χ0n) is 25.8. The van der Waals surface area contributed by atoms with Crippen LogP contribution < -0.4 is 0 Å². The molecule has 10 rings (SSSR count). The highest BCUT2D eigenvalue weighted by Gasteiger charge is 2.23. The zero-order chi connectivity index (χ0) is 31.6. The normalized spacial score (nSPS) is 13.3. The standard InChI is InChI=1S/C42H27N5S/c1-3-11-27(12-4-1)40-34(25-45-42(46-40)28-13-5-2-6-14-28)47-32-18-16-26-10-7-8-15-30(26)37(32)39-33(47)19-21-36-38(39)31-24-29(17-20-35(31)48-36)41-43-22-9-23-44-41/h1-5,7-13,15-25H,6,14H2. The molecular weight excluding hydrogens is 607 g/mol. The van der Waals surface area contributed by atoms with E-state index in [1.165, 1.54) is 47.3 Å². The van der Waals surface area contributed by atoms with Crippen LogP contribution in [0.2, 0.25) is 0 Å². The Morgan fingerprint density at radius 2 is 1.44 bits per heavy atom. The lowest BCUT2D eigenvalue weighted by Gasteiger charge is -2.16. The van der Waals surface area contributed by atoms with E-state index in [0.29, 0.717) is 0 Å². The number of benzene rings is 5. The van der Waals surface area contributed by atoms with E-state index in [9.17, 15) is 0 Å². The van der Waals surface area contributed by atoms with Crippen molar-refractivity contribution in [2.24, 2.45) is 0 Å². The van der Waals surface area contributed by atoms with Crippen LogP contribution in [0.3, 0.4) is 0 Å². The highest BCUT2D eigenvalue weighted by atomic mass is 32.1. The molecule has 5 aromatic carbocycles. The van der Waals surface area contributed by atoms with Crippen molar-refractivity contribution in [2.45, 2.75) is 12.8 Å². The summed E-state index contributed by atoms with van der Waals surface area (Å²) in [5.41, 5.74) is 7.38. The van der Waals surface area contributed by atoms with Crippen LogP contribution in [0.15, 0.2) is 140 Å². The summed E-state index contributed by atoms with van der Waals surface area (Å²) < 4.78 is 4.87. The predicted octanol–water partition coefficient (Wildman–Crippen LogP) is 11.0. The second kappa shape index (κ2) is 10.8. The fourth-order valence-electron chi connectivity index (χ4n) is 7.27. The molecule has 0 saturated heterocycles. The number of nitrogens with zero attached hydrogens (tertiary/aromatic N) is 5. The van der Waals surface area contributed by atoms with Crippen molar-refractivity contribution < 1.29 is 0 Å². The number of hydrogen-bond acceptors (Lipinski definition) is 5. The molecule has 0 radical (unpaired) electrons. The molecule has 0 saturated carbocycles. The van der Waals surface area contributed by atoms with Crippen molar-refractivity contribution in [3.05, 3.63) is 146 Å². The van der Waals surface area contributed by atoms with Gasteiger partial charge in [-0.05, 0) is 71.7 Å². The summed E-state index contributed by atoms with van der Waals surface area (Å²) in [5, 5.41) is 7.38. The average Bonchev–Trinajstić information content (AvgIpc) is 3.71. The number of hydrogen-bond donors (Lipinski definition) is 0. The molecule has 1 aliphatic rings. The van der Waals surface area contributed by atoms with E-state index in [1.54, 1.807) is 12.4 Å². The van der Waals surface area contributed by atoms with Crippen molar-refractivity contribution in [1.82, 2.24) is 24.5 Å². The minimum Gasteiger partial charge on any atom is -0.306 e. The minimum atomic E-state index is 0.729. The van der Waals surface area contributed by atoms with Gasteiger partial charge in [-0.1, -0.05) is 78.9 Å². The third-order valence-electron chi connectivity index (χ3n) is 9.44. The van der Waals surface area contributed by atoms with Gasteiger partial charge in [0.2, 0.25) is 0 Å². The van der Waals surface area contributed by atoms with Crippen LogP contribution in [-0.4, -0.2) is 24.5 Å². The van der Waals surface area contributed by atoms with Crippen LogP contribution in [-0.2, 0) is 0 Å². The van der Waals surface area contributed by atoms with Crippen LogP contribution in [0, 0.1) is 0 Å². The van der Waals surface area contributed by atoms with Gasteiger partial charge in [-0.2, -0.15) is 0 Å². The molecule has 6 heteroatoms. The maximum absolute atomic E-state index is 5.30. The third-order valence-corrected chi connectivity index (χ3v) is 10.6. The summed E-state index contributed by atoms with van der Waals surface area (Å²) in [5.74, 6) is 1.52. The Balaban J connectivity index is 1.35. The average molecular weight is 634 g/mol. The predicted molar refractivity (Wildman–Crippen MR) is 200 cm³/mol. The van der Waals surface area contributed by atoms with E-state index >= 15 is 0 Å². The minimum absolute atomic E-state index is 0.729. The van der Waals surface area contributed by atoms with Gasteiger partial charge in [0.1, 0.15) is 0 Å². The summed E-state index contributed by atoms with van der Waals surface area (Å²) in [6.45, 7) is 0. The Bertz CT molecular complexity index is 2770. The molecule has 0 bridgehead atoms. The molecule has 0 spiro atoms. The first-order chi connectivity index (χ1) is 23.8. The van der Waals surface area contributed by atoms with Gasteiger partial charge in [-0.15, -0.1) is 11.3 Å². The van der Waals surface area contributed by atoms with Crippen molar-refractivity contribution >= 4 is 69.7 Å². The summed E-state index contributed by atoms with van der Waals surface area (Å²) in [7, 11) is 0. The maximum atomic E-state index is 5.30. The van der Waals surface area contributed by atoms with Gasteiger partial charge in [0.15, 0.2) is 11.6 Å². The number of thiophene rings is 1. The van der Waals surface area contributed by atoms with Crippen LogP contribution in [0.25, 0.3) is 86.7 Å². The van der Waals surface area contributed by atoms with Gasteiger partial charge in [-0.25, -0.2) is 19.9 Å². The Morgan fingerprint density at radius 1 is 0.625 bits per heavy atom. The Hall–Kier alpha value is -5.98. The van der Waals surface area contributed by atoms with E-state index in [2.05, 4.69) is 130 Å². The summed E-state index contributed by atoms with van der Waals surface area (Å²) in [4.78, 5) is 19.4. The lowest BCUT2D eigenvalue weighted by atomic mass is 10.00. The molecule has 9 aromatic rings. The molecule has 226 valence electrons. The van der Waals surface area contributed by atoms with E-state index in [4.69, 9.17) is 9.97 Å². The van der Waals surface area contributed by atoms with Crippen LogP contribution in [0.1, 0.15) is 18.7 Å². The molecule has 0 unspecified atom stereocenters. The molecule has 4 heterocycles. The first-order valence-electron chi connectivity index (χ1n) is 16.2. The molecule has 0 aliphatic heterocycles. The monoisotopic (exact) mass is 633 g/mol. The zero-order valence-corrected chi connectivity index (χ0v) is 26.7. The Kier molecular flexibility index (Phi) is 6.11. The summed E-state index contributed by atoms with van der Waals surface area (Å²) >= 11 is 1.83. The highest BCUT2D eigenvalue weighted by molar-refractivity contribution is 7.26. The number of allylic oxidation sites excluding steroid dienone is 4. The van der Waals surface area contributed by atoms with Crippen LogP contribution in [0.5, 0.6) is 0 Å². The second-order valence-electron chi connectivity index (χ2n) is 12.2. The van der Waals surface area contributed by atoms with Crippen molar-refractivity contribution in [2.75, 3.05) is 0 Å². The van der Waals surface area contributed by atoms with E-state index in [1.807, 2.05) is 23.6 Å². The SMILES string of the molecule is C1=CCCC(c2ncc(-n3c4ccc5ccccc5c4c4c5c(ccc43)sc3ccc(-c4ncccn4)cc35)c(-c3ccccc3)n2)=C1. The Morgan fingerprint density at radius 3 is 2.31 bits per heavy atom. The first-order valence-corrected chi connectivity index (χ1v) is 17.0. The Labute approximate surface area is 280 Å². The molecule has 0 N–H and O–H groups in total. The van der Waals surface area contributed by atoms with Gasteiger partial charge < -0.3 is 4.57 Å². The number of fused-ring (bicyclic) bond motifs is 9. The lowest BCUT2D eigenvalue weighted by molar-refractivity contribution is 0.992. The molecule has 48 heavy (non-hydrogen) atoms. The van der Waals surface area contributed by atoms with Crippen molar-refractivity contribution in [1.29, 1.82) is 0 Å². The maximum Gasteiger partial charge on any atom is 0.159 e. The van der Waals surface area contributed by atoms with Gasteiger partial charge >= 0.3 is 0 Å². The van der Waals surface area contributed by atoms with Crippen LogP contribution in [0.4, 0.5) is 0 Å². The quantitative estimate of drug-likeness (QED) is 0.193. The first kappa shape index (κ1) is 27.2. The van der Waals surface area contributed by atoms with E-state index in [-0.39, 0.29) is 0 Å². The lowest BCUT2D eigenvalue weighted by Crippen LogP contribution is -2.05. The van der Waals surface area contributed by atoms with Gasteiger partial charge in [0.25, 0.3) is 0 Å². The highest BCUT2D eigenvalue weighted by Crippen LogP contribution is 2.46. The molecule has 0 amide bonds. The molecular formula is C42H27N5S. The van der Waals surface area contributed by atoms with Gasteiger partial charge in [0.05, 0.1) is 28.6 Å². The second-order valence-corrected chi connectivity index (χ2v) is 13.3. The van der Waals surface area contributed by atoms with Crippen LogP contribution >= 0.6 is 11.3 Å². The van der Waals surface area contributed by atoms with E-state index in [0.717, 1.165) is 58.0 Å². The molecule has 1 aliphatic carbocycles. The largest absolute Gasteiger partial charge is 0.306 e. The third kappa shape index (κ3) is 4.16.